The molecule has 1 N–H and O–H groups in total. The zero-order valence-corrected chi connectivity index (χ0v) is 29.7. The van der Waals surface area contributed by atoms with Crippen LogP contribution in [0.3, 0.4) is 0 Å². The van der Waals surface area contributed by atoms with E-state index in [4.69, 9.17) is 4.84 Å². The van der Waals surface area contributed by atoms with Crippen molar-refractivity contribution in [3.63, 3.8) is 0 Å². The molecule has 0 aliphatic carbocycles. The fourth-order valence-corrected chi connectivity index (χ4v) is 5.92. The van der Waals surface area contributed by atoms with Gasteiger partial charge >= 0.3 is 5.97 Å². The van der Waals surface area contributed by atoms with Gasteiger partial charge in [0.2, 0.25) is 0 Å². The van der Waals surface area contributed by atoms with Crippen LogP contribution in [0, 0.1) is 0 Å². The topological polar surface area (TPSA) is 53.0 Å². The first-order chi connectivity index (χ1) is 21.2. The van der Waals surface area contributed by atoms with Gasteiger partial charge in [-0.05, 0) is 64.6 Å². The van der Waals surface area contributed by atoms with E-state index >= 15 is 0 Å². The van der Waals surface area contributed by atoms with Crippen molar-refractivity contribution in [2.24, 2.45) is 0 Å². The summed E-state index contributed by atoms with van der Waals surface area (Å²) >= 11 is 0. The Hall–Kier alpha value is -0.650. The number of carbonyl (C=O) groups excluding carboxylic acids is 1. The summed E-state index contributed by atoms with van der Waals surface area (Å²) in [4.78, 5) is 20.9. The number of unbranched alkanes of at least 4 members (excludes halogenated alkanes) is 22. The Morgan fingerprint density at radius 2 is 0.767 bits per heavy atom. The highest BCUT2D eigenvalue weighted by molar-refractivity contribution is 5.68. The van der Waals surface area contributed by atoms with Gasteiger partial charge in [-0.15, -0.1) is 5.06 Å². The fraction of sp³-hybridized carbons (Fsp3) is 0.974. The van der Waals surface area contributed by atoms with E-state index in [1.54, 1.807) is 0 Å². The third-order valence-corrected chi connectivity index (χ3v) is 8.82. The summed E-state index contributed by atoms with van der Waals surface area (Å²) < 4.78 is 0. The average molecular weight is 611 g/mol. The van der Waals surface area contributed by atoms with Crippen molar-refractivity contribution in [1.82, 2.24) is 9.96 Å². The summed E-state index contributed by atoms with van der Waals surface area (Å²) in [6.07, 6.45) is 34.7. The molecule has 0 spiro atoms. The molecule has 5 nitrogen and oxygen atoms in total. The third-order valence-electron chi connectivity index (χ3n) is 8.82. The molecule has 0 aliphatic heterocycles. The number of hydrogen-bond acceptors (Lipinski definition) is 5. The fourth-order valence-electron chi connectivity index (χ4n) is 5.92. The lowest BCUT2D eigenvalue weighted by molar-refractivity contribution is -0.191. The van der Waals surface area contributed by atoms with Crippen molar-refractivity contribution in [2.45, 2.75) is 201 Å². The van der Waals surface area contributed by atoms with E-state index in [-0.39, 0.29) is 5.97 Å². The molecule has 43 heavy (non-hydrogen) atoms. The van der Waals surface area contributed by atoms with Crippen LogP contribution in [0.5, 0.6) is 0 Å². The highest BCUT2D eigenvalue weighted by Crippen LogP contribution is 2.14. The van der Waals surface area contributed by atoms with E-state index in [0.29, 0.717) is 13.0 Å². The van der Waals surface area contributed by atoms with E-state index in [1.807, 2.05) is 5.06 Å². The molecule has 0 unspecified atom stereocenters. The zero-order valence-electron chi connectivity index (χ0n) is 29.7. The van der Waals surface area contributed by atoms with Crippen LogP contribution in [-0.2, 0) is 9.63 Å². The maximum Gasteiger partial charge on any atom is 0.325 e. The molecule has 5 heteroatoms. The maximum absolute atomic E-state index is 12.5. The van der Waals surface area contributed by atoms with Crippen LogP contribution in [0.25, 0.3) is 0 Å². The summed E-state index contributed by atoms with van der Waals surface area (Å²) in [6.45, 7) is 12.4. The minimum Gasteiger partial charge on any atom is -0.396 e. The van der Waals surface area contributed by atoms with Crippen LogP contribution in [0.2, 0.25) is 0 Å². The van der Waals surface area contributed by atoms with Gasteiger partial charge in [-0.1, -0.05) is 149 Å². The maximum atomic E-state index is 12.5. The number of aliphatic hydroxyl groups is 1. The van der Waals surface area contributed by atoms with Gasteiger partial charge in [0.05, 0.1) is 0 Å². The van der Waals surface area contributed by atoms with Crippen LogP contribution in [-0.4, -0.2) is 60.4 Å². The van der Waals surface area contributed by atoms with Crippen molar-refractivity contribution in [1.29, 1.82) is 0 Å². The zero-order chi connectivity index (χ0) is 31.5. The summed E-state index contributed by atoms with van der Waals surface area (Å²) in [5.74, 6) is -0.0327. The minimum absolute atomic E-state index is 0.0327. The Balaban J connectivity index is 3.93. The van der Waals surface area contributed by atoms with Gasteiger partial charge in [-0.25, -0.2) is 0 Å². The average Bonchev–Trinajstić information content (AvgIpc) is 3.01. The minimum atomic E-state index is -0.0327. The van der Waals surface area contributed by atoms with Gasteiger partial charge in [-0.3, -0.25) is 4.79 Å². The molecule has 0 atom stereocenters. The lowest BCUT2D eigenvalue weighted by Crippen LogP contribution is -2.29. The second-order valence-corrected chi connectivity index (χ2v) is 13.2. The van der Waals surface area contributed by atoms with E-state index in [9.17, 15) is 9.90 Å². The largest absolute Gasteiger partial charge is 0.396 e. The molecule has 0 aliphatic rings. The molecule has 0 aromatic rings. The van der Waals surface area contributed by atoms with Crippen molar-refractivity contribution in [2.75, 3.05) is 39.3 Å². The van der Waals surface area contributed by atoms with Crippen LogP contribution in [0.15, 0.2) is 0 Å². The van der Waals surface area contributed by atoms with Gasteiger partial charge in [0, 0.05) is 26.1 Å². The summed E-state index contributed by atoms with van der Waals surface area (Å²) in [7, 11) is 0. The van der Waals surface area contributed by atoms with E-state index in [2.05, 4.69) is 25.7 Å². The Morgan fingerprint density at radius 3 is 1.19 bits per heavy atom. The normalized spacial score (nSPS) is 11.7. The van der Waals surface area contributed by atoms with Crippen LogP contribution < -0.4 is 0 Å². The highest BCUT2D eigenvalue weighted by atomic mass is 16.7. The third kappa shape index (κ3) is 32.6. The predicted molar refractivity (Wildman–Crippen MR) is 187 cm³/mol. The number of hydrogen-bond donors (Lipinski definition) is 1. The predicted octanol–water partition coefficient (Wildman–Crippen LogP) is 11.0. The van der Waals surface area contributed by atoms with E-state index in [0.717, 1.165) is 58.2 Å². The van der Waals surface area contributed by atoms with Crippen LogP contribution >= 0.6 is 0 Å². The Labute approximate surface area is 270 Å². The van der Waals surface area contributed by atoms with Gasteiger partial charge in [0.15, 0.2) is 0 Å². The van der Waals surface area contributed by atoms with Gasteiger partial charge < -0.3 is 14.8 Å². The molecule has 0 saturated carbocycles. The molecule has 0 saturated heterocycles. The van der Waals surface area contributed by atoms with Gasteiger partial charge in [0.25, 0.3) is 0 Å². The second-order valence-electron chi connectivity index (χ2n) is 13.2. The monoisotopic (exact) mass is 611 g/mol. The van der Waals surface area contributed by atoms with Crippen molar-refractivity contribution >= 4 is 5.97 Å². The smallest absolute Gasteiger partial charge is 0.325 e. The first-order valence-electron chi connectivity index (χ1n) is 19.5. The lowest BCUT2D eigenvalue weighted by Gasteiger charge is -2.22. The molecule has 258 valence electrons. The van der Waals surface area contributed by atoms with Gasteiger partial charge in [-0.2, -0.15) is 0 Å². The number of nitrogens with zero attached hydrogens (tertiary/aromatic N) is 2. The van der Waals surface area contributed by atoms with Crippen molar-refractivity contribution in [3.8, 4) is 0 Å². The summed E-state index contributed by atoms with van der Waals surface area (Å²) in [5.41, 5.74) is 0. The molecular weight excluding hydrogens is 532 g/mol. The molecule has 0 bridgehead atoms. The van der Waals surface area contributed by atoms with E-state index in [1.165, 1.54) is 148 Å². The molecule has 0 aromatic carbocycles. The van der Waals surface area contributed by atoms with Crippen LogP contribution in [0.1, 0.15) is 201 Å². The molecule has 0 aromatic heterocycles. The quantitative estimate of drug-likeness (QED) is 0.0565. The van der Waals surface area contributed by atoms with Crippen molar-refractivity contribution in [3.05, 3.63) is 0 Å². The number of hydroxylamine groups is 2. The number of rotatable bonds is 36. The molecule has 0 rings (SSSR count). The number of aliphatic hydroxyl groups excluding tert-OH is 1. The second kappa shape index (κ2) is 35.8. The lowest BCUT2D eigenvalue weighted by atomic mass is 10.1. The highest BCUT2D eigenvalue weighted by Gasteiger charge is 2.12. The molecular formula is C38H78N2O3. The molecule has 0 amide bonds. The summed E-state index contributed by atoms with van der Waals surface area (Å²) in [6, 6.07) is 0. The first kappa shape index (κ1) is 42.3. The van der Waals surface area contributed by atoms with E-state index < -0.39 is 0 Å². The van der Waals surface area contributed by atoms with Gasteiger partial charge in [0.1, 0.15) is 0 Å². The summed E-state index contributed by atoms with van der Waals surface area (Å²) in [5, 5.41) is 11.2. The number of carbonyl (C=O) groups is 1. The first-order valence-corrected chi connectivity index (χ1v) is 19.5. The molecule has 0 heterocycles. The van der Waals surface area contributed by atoms with Crippen LogP contribution in [0.4, 0.5) is 0 Å². The van der Waals surface area contributed by atoms with Crippen molar-refractivity contribution < 1.29 is 14.7 Å². The Morgan fingerprint density at radius 1 is 0.442 bits per heavy atom. The molecule has 0 radical (unpaired) electrons. The Kier molecular flexibility index (Phi) is 35.3. The SMILES string of the molecule is CCCCCCCCCCCCN(CCCCO)CCCCCCCCCC(=O)ON(CCCCCC)CCCCCC. The Bertz CT molecular complexity index is 533. The molecule has 0 fully saturated rings. The standard InChI is InChI=1S/C38H78N2O3/c1-4-7-10-13-14-15-16-19-22-25-32-39(34-29-30-37-41)33-26-23-20-17-18-21-24-31-38(42)43-40(35-27-11-8-5-2)36-28-12-9-6-3/h41H,4-37H2,1-3H3.